The fourth-order valence-corrected chi connectivity index (χ4v) is 5.53. The minimum atomic E-state index is -0.483. The number of thiocarbonyl (C=S) groups is 1. The van der Waals surface area contributed by atoms with Crippen LogP contribution >= 0.6 is 46.6 Å². The van der Waals surface area contributed by atoms with E-state index >= 15 is 0 Å². The van der Waals surface area contributed by atoms with Gasteiger partial charge in [0.25, 0.3) is 17.5 Å². The van der Waals surface area contributed by atoms with E-state index in [0.717, 1.165) is 25.9 Å². The molecule has 1 N–H and O–H groups in total. The summed E-state index contributed by atoms with van der Waals surface area (Å²) in [6, 6.07) is 16.2. The number of halogens is 1. The summed E-state index contributed by atoms with van der Waals surface area (Å²) in [4.78, 5) is 36.5. The predicted octanol–water partition coefficient (Wildman–Crippen LogP) is 5.73. The maximum atomic E-state index is 13.1. The van der Waals surface area contributed by atoms with E-state index in [1.807, 2.05) is 13.0 Å². The third-order valence-corrected chi connectivity index (χ3v) is 7.62. The van der Waals surface area contributed by atoms with Gasteiger partial charge in [-0.15, -0.1) is 0 Å². The van der Waals surface area contributed by atoms with Crippen molar-refractivity contribution in [3.63, 3.8) is 0 Å². The van der Waals surface area contributed by atoms with Gasteiger partial charge in [0.05, 0.1) is 27.1 Å². The van der Waals surface area contributed by atoms with Crippen molar-refractivity contribution in [2.75, 3.05) is 13.7 Å². The number of amides is 2. The van der Waals surface area contributed by atoms with E-state index in [1.165, 1.54) is 19.2 Å². The van der Waals surface area contributed by atoms with Crippen LogP contribution in [0.4, 0.5) is 5.69 Å². The summed E-state index contributed by atoms with van der Waals surface area (Å²) < 4.78 is 17.9. The van der Waals surface area contributed by atoms with Gasteiger partial charge in [-0.05, 0) is 107 Å². The van der Waals surface area contributed by atoms with Gasteiger partial charge >= 0.3 is 0 Å². The number of nitrogens with one attached hydrogen (secondary N) is 1. The van der Waals surface area contributed by atoms with Crippen LogP contribution in [-0.2, 0) is 11.4 Å². The lowest BCUT2D eigenvalue weighted by Crippen LogP contribution is -2.44. The van der Waals surface area contributed by atoms with Crippen molar-refractivity contribution in [1.82, 2.24) is 10.4 Å². The molecule has 206 valence electrons. The Kier molecular flexibility index (Phi) is 9.60. The second-order valence-corrected chi connectivity index (χ2v) is 11.0. The summed E-state index contributed by atoms with van der Waals surface area (Å²) >= 11 is 8.53. The van der Waals surface area contributed by atoms with E-state index in [4.69, 9.17) is 26.4 Å². The molecule has 0 atom stereocenters. The van der Waals surface area contributed by atoms with E-state index in [2.05, 4.69) is 28.0 Å². The molecule has 1 heterocycles. The molecule has 0 aliphatic carbocycles. The zero-order valence-corrected chi connectivity index (χ0v) is 25.0. The first-order valence-corrected chi connectivity index (χ1v) is 14.1. The van der Waals surface area contributed by atoms with E-state index in [-0.39, 0.29) is 16.6 Å². The maximum Gasteiger partial charge on any atom is 0.285 e. The van der Waals surface area contributed by atoms with Crippen LogP contribution < -0.4 is 19.6 Å². The van der Waals surface area contributed by atoms with Crippen LogP contribution in [0.5, 0.6) is 17.2 Å². The van der Waals surface area contributed by atoms with Gasteiger partial charge in [0.15, 0.2) is 15.8 Å². The van der Waals surface area contributed by atoms with Gasteiger partial charge in [-0.1, -0.05) is 11.8 Å². The molecule has 4 rings (SSSR count). The molecule has 0 unspecified atom stereocenters. The number of methoxy groups -OCH3 is 1. The summed E-state index contributed by atoms with van der Waals surface area (Å²) in [5.74, 6) is 0.656. The lowest BCUT2D eigenvalue weighted by Gasteiger charge is -2.16. The molecule has 3 aromatic rings. The van der Waals surface area contributed by atoms with Crippen LogP contribution in [-0.4, -0.2) is 39.8 Å². The molecule has 3 aromatic carbocycles. The van der Waals surface area contributed by atoms with E-state index in [9.17, 15) is 19.7 Å². The topological polar surface area (TPSA) is 120 Å². The molecule has 0 spiro atoms. The highest BCUT2D eigenvalue weighted by atomic mass is 127. The van der Waals surface area contributed by atoms with Crippen molar-refractivity contribution >= 4 is 74.5 Å². The number of nitro benzene ring substituents is 1. The Labute approximate surface area is 252 Å². The van der Waals surface area contributed by atoms with Crippen molar-refractivity contribution in [2.45, 2.75) is 13.5 Å². The number of non-ortho nitro benzene ring substituents is 1. The highest BCUT2D eigenvalue weighted by Gasteiger charge is 2.34. The molecule has 0 bridgehead atoms. The monoisotopic (exact) mass is 691 g/mol. The average molecular weight is 692 g/mol. The Bertz CT molecular complexity index is 1500. The van der Waals surface area contributed by atoms with Gasteiger partial charge < -0.3 is 14.2 Å². The fourth-order valence-electron chi connectivity index (χ4n) is 3.57. The Hall–Kier alpha value is -3.69. The first-order chi connectivity index (χ1) is 19.2. The molecule has 1 aliphatic heterocycles. The number of hydrogen-bond donors (Lipinski definition) is 1. The molecule has 1 aliphatic rings. The van der Waals surface area contributed by atoms with E-state index in [1.54, 1.807) is 48.5 Å². The predicted molar refractivity (Wildman–Crippen MR) is 163 cm³/mol. The van der Waals surface area contributed by atoms with Crippen molar-refractivity contribution in [3.8, 4) is 17.2 Å². The van der Waals surface area contributed by atoms with E-state index < -0.39 is 16.7 Å². The molecule has 1 saturated heterocycles. The molecule has 0 radical (unpaired) electrons. The number of ether oxygens (including phenoxy) is 3. The minimum Gasteiger partial charge on any atom is -0.497 e. The van der Waals surface area contributed by atoms with Crippen molar-refractivity contribution in [1.29, 1.82) is 0 Å². The van der Waals surface area contributed by atoms with Crippen LogP contribution in [0.2, 0.25) is 0 Å². The van der Waals surface area contributed by atoms with Gasteiger partial charge in [0.1, 0.15) is 12.4 Å². The maximum absolute atomic E-state index is 13.1. The lowest BCUT2D eigenvalue weighted by molar-refractivity contribution is -0.384. The van der Waals surface area contributed by atoms with Crippen LogP contribution in [0.25, 0.3) is 6.08 Å². The summed E-state index contributed by atoms with van der Waals surface area (Å²) in [7, 11) is 1.53. The SMILES string of the molecule is CCOc1cc(/C=C2/SC(=S)N(NC(=O)c3ccc(OC)cc3)C2=O)cc(I)c1OCc1ccc([N+](=O)[O-])cc1. The van der Waals surface area contributed by atoms with E-state index in [0.29, 0.717) is 39.9 Å². The van der Waals surface area contributed by atoms with Crippen molar-refractivity contribution in [2.24, 2.45) is 0 Å². The van der Waals surface area contributed by atoms with Gasteiger partial charge in [0, 0.05) is 17.7 Å². The van der Waals surface area contributed by atoms with Gasteiger partial charge in [-0.2, -0.15) is 5.01 Å². The number of rotatable bonds is 10. The zero-order valence-electron chi connectivity index (χ0n) is 21.2. The number of hydrogen-bond acceptors (Lipinski definition) is 9. The summed E-state index contributed by atoms with van der Waals surface area (Å²) in [6.07, 6.45) is 1.67. The molecular weight excluding hydrogens is 669 g/mol. The van der Waals surface area contributed by atoms with Gasteiger partial charge in [-0.3, -0.25) is 25.1 Å². The first kappa shape index (κ1) is 29.3. The highest BCUT2D eigenvalue weighted by Crippen LogP contribution is 2.38. The fraction of sp³-hybridized carbons (Fsp3) is 0.148. The molecule has 13 heteroatoms. The number of hydrazine groups is 1. The zero-order chi connectivity index (χ0) is 28.8. The van der Waals surface area contributed by atoms with Crippen LogP contribution in [0.15, 0.2) is 65.6 Å². The van der Waals surface area contributed by atoms with Gasteiger partial charge in [-0.25, -0.2) is 0 Å². The smallest absolute Gasteiger partial charge is 0.285 e. The number of nitrogens with zero attached hydrogens (tertiary/aromatic N) is 2. The van der Waals surface area contributed by atoms with Crippen LogP contribution in [0.3, 0.4) is 0 Å². The minimum absolute atomic E-state index is 0.00315. The second kappa shape index (κ2) is 13.1. The molecule has 0 saturated carbocycles. The summed E-state index contributed by atoms with van der Waals surface area (Å²) in [6.45, 7) is 2.41. The van der Waals surface area contributed by atoms with Crippen molar-refractivity contribution in [3.05, 3.63) is 95.9 Å². The summed E-state index contributed by atoms with van der Waals surface area (Å²) in [5, 5.41) is 11.9. The average Bonchev–Trinajstić information content (AvgIpc) is 3.20. The number of thioether (sulfide) groups is 1. The van der Waals surface area contributed by atoms with Crippen molar-refractivity contribution < 1.29 is 28.7 Å². The third kappa shape index (κ3) is 6.89. The molecule has 0 aromatic heterocycles. The second-order valence-electron chi connectivity index (χ2n) is 8.16. The number of nitro groups is 1. The molecule has 10 nitrogen and oxygen atoms in total. The Morgan fingerprint density at radius 3 is 2.48 bits per heavy atom. The molecule has 2 amide bonds. The standard InChI is InChI=1S/C27H22IN3O7S2/c1-3-37-22-13-17(12-21(28)24(22)38-15-16-4-8-19(9-5-16)31(34)35)14-23-26(33)30(27(39)40-23)29-25(32)18-6-10-20(36-2)11-7-18/h4-14H,3,15H2,1-2H3,(H,29,32)/b23-14+. The number of carbonyl (C=O) groups is 2. The number of benzene rings is 3. The first-order valence-electron chi connectivity index (χ1n) is 11.8. The largest absolute Gasteiger partial charge is 0.497 e. The van der Waals surface area contributed by atoms with Gasteiger partial charge in [0.2, 0.25) is 0 Å². The molecule has 1 fully saturated rings. The Morgan fingerprint density at radius 2 is 1.85 bits per heavy atom. The summed E-state index contributed by atoms with van der Waals surface area (Å²) in [5.41, 5.74) is 4.35. The lowest BCUT2D eigenvalue weighted by atomic mass is 10.1. The molecule has 40 heavy (non-hydrogen) atoms. The number of carbonyl (C=O) groups excluding carboxylic acids is 2. The van der Waals surface area contributed by atoms with Crippen LogP contribution in [0, 0.1) is 13.7 Å². The highest BCUT2D eigenvalue weighted by molar-refractivity contribution is 14.1. The third-order valence-electron chi connectivity index (χ3n) is 5.52. The van der Waals surface area contributed by atoms with Crippen LogP contribution in [0.1, 0.15) is 28.4 Å². The normalized spacial score (nSPS) is 13.9. The molecular formula is C27H22IN3O7S2. The quantitative estimate of drug-likeness (QED) is 0.0935. The Morgan fingerprint density at radius 1 is 1.15 bits per heavy atom. The Balaban J connectivity index is 1.50.